The number of nitrogens with one attached hydrogen (secondary N) is 2. The van der Waals surface area contributed by atoms with Crippen molar-refractivity contribution >= 4 is 29.7 Å². The topological polar surface area (TPSA) is 72.5 Å². The molecule has 0 atom stereocenters. The molecule has 4 rings (SSSR count). The molecular formula is C17H18ClN3O3S. The third kappa shape index (κ3) is 3.95. The van der Waals surface area contributed by atoms with Crippen LogP contribution in [0.15, 0.2) is 36.0 Å². The van der Waals surface area contributed by atoms with Gasteiger partial charge in [0.15, 0.2) is 11.5 Å². The van der Waals surface area contributed by atoms with Crippen molar-refractivity contribution in [2.75, 3.05) is 26.4 Å². The summed E-state index contributed by atoms with van der Waals surface area (Å²) in [5.74, 6) is 1.37. The van der Waals surface area contributed by atoms with Gasteiger partial charge in [-0.15, -0.1) is 23.7 Å². The lowest BCUT2D eigenvalue weighted by Gasteiger charge is -2.14. The van der Waals surface area contributed by atoms with Crippen molar-refractivity contribution in [2.45, 2.75) is 6.42 Å². The van der Waals surface area contributed by atoms with Crippen LogP contribution in [0.1, 0.15) is 16.1 Å². The highest BCUT2D eigenvalue weighted by atomic mass is 35.5. The molecule has 8 heteroatoms. The molecule has 1 aromatic carbocycles. The minimum Gasteiger partial charge on any atom is -0.454 e. The lowest BCUT2D eigenvalue weighted by Crippen LogP contribution is -2.29. The van der Waals surface area contributed by atoms with Crippen LogP contribution in [0.3, 0.4) is 0 Å². The lowest BCUT2D eigenvalue weighted by atomic mass is 10.1. The van der Waals surface area contributed by atoms with Crippen LogP contribution in [0.25, 0.3) is 10.6 Å². The van der Waals surface area contributed by atoms with Gasteiger partial charge < -0.3 is 20.1 Å². The number of ether oxygens (including phenoxy) is 2. The molecule has 2 aliphatic rings. The monoisotopic (exact) mass is 379 g/mol. The molecule has 0 bridgehead atoms. The lowest BCUT2D eigenvalue weighted by molar-refractivity contribution is 0.0960. The molecule has 1 aromatic heterocycles. The molecular weight excluding hydrogens is 362 g/mol. The van der Waals surface area contributed by atoms with Gasteiger partial charge in [-0.2, -0.15) is 0 Å². The normalized spacial score (nSPS) is 15.3. The van der Waals surface area contributed by atoms with Crippen molar-refractivity contribution in [3.8, 4) is 22.1 Å². The zero-order valence-corrected chi connectivity index (χ0v) is 15.0. The molecule has 0 fully saturated rings. The second-order valence-electron chi connectivity index (χ2n) is 5.60. The maximum atomic E-state index is 12.3. The van der Waals surface area contributed by atoms with Crippen LogP contribution in [0.5, 0.6) is 11.5 Å². The summed E-state index contributed by atoms with van der Waals surface area (Å²) in [5.41, 5.74) is 2.19. The van der Waals surface area contributed by atoms with E-state index in [4.69, 9.17) is 9.47 Å². The highest BCUT2D eigenvalue weighted by Crippen LogP contribution is 2.36. The van der Waals surface area contributed by atoms with Crippen molar-refractivity contribution < 1.29 is 14.3 Å². The first-order chi connectivity index (χ1) is 11.8. The number of carbonyl (C=O) groups excluding carboxylic acids is 1. The Kier molecular flexibility index (Phi) is 5.57. The first-order valence-electron chi connectivity index (χ1n) is 7.82. The Morgan fingerprint density at radius 2 is 2.20 bits per heavy atom. The minimum atomic E-state index is -0.0843. The van der Waals surface area contributed by atoms with Gasteiger partial charge in [-0.25, -0.2) is 4.98 Å². The largest absolute Gasteiger partial charge is 0.454 e. The van der Waals surface area contributed by atoms with E-state index in [0.29, 0.717) is 17.2 Å². The van der Waals surface area contributed by atoms with Gasteiger partial charge in [-0.3, -0.25) is 4.79 Å². The molecule has 2 aromatic rings. The molecule has 0 saturated carbocycles. The number of fused-ring (bicyclic) bond motifs is 1. The number of hydrogen-bond donors (Lipinski definition) is 2. The molecule has 25 heavy (non-hydrogen) atoms. The number of halogens is 1. The van der Waals surface area contributed by atoms with Gasteiger partial charge in [0.05, 0.1) is 6.20 Å². The van der Waals surface area contributed by atoms with Crippen LogP contribution >= 0.6 is 23.7 Å². The summed E-state index contributed by atoms with van der Waals surface area (Å²) >= 11 is 1.37. The fraction of sp³-hybridized carbons (Fsp3) is 0.294. The fourth-order valence-corrected chi connectivity index (χ4v) is 3.48. The molecule has 2 N–H and O–H groups in total. The third-order valence-electron chi connectivity index (χ3n) is 3.98. The number of aromatic nitrogens is 1. The van der Waals surface area contributed by atoms with Crippen LogP contribution in [0.2, 0.25) is 0 Å². The van der Waals surface area contributed by atoms with Gasteiger partial charge in [-0.1, -0.05) is 11.6 Å². The second kappa shape index (κ2) is 7.86. The summed E-state index contributed by atoms with van der Waals surface area (Å²) in [6.07, 6.45) is 4.73. The maximum Gasteiger partial charge on any atom is 0.263 e. The molecule has 0 radical (unpaired) electrons. The molecule has 0 spiro atoms. The summed E-state index contributed by atoms with van der Waals surface area (Å²) in [7, 11) is 0. The highest BCUT2D eigenvalue weighted by molar-refractivity contribution is 7.16. The minimum absolute atomic E-state index is 0. The summed E-state index contributed by atoms with van der Waals surface area (Å²) in [4.78, 5) is 17.3. The van der Waals surface area contributed by atoms with Crippen molar-refractivity contribution in [2.24, 2.45) is 0 Å². The van der Waals surface area contributed by atoms with E-state index in [1.54, 1.807) is 6.20 Å². The molecule has 2 aliphatic heterocycles. The Hall–Kier alpha value is -2.09. The van der Waals surface area contributed by atoms with Gasteiger partial charge in [0.2, 0.25) is 6.79 Å². The number of carbonyl (C=O) groups is 1. The summed E-state index contributed by atoms with van der Waals surface area (Å²) in [6.45, 7) is 2.68. The number of hydrogen-bond acceptors (Lipinski definition) is 6. The Balaban J connectivity index is 0.00000182. The zero-order valence-electron chi connectivity index (χ0n) is 13.4. The van der Waals surface area contributed by atoms with Gasteiger partial charge >= 0.3 is 0 Å². The van der Waals surface area contributed by atoms with E-state index in [1.165, 1.54) is 16.9 Å². The van der Waals surface area contributed by atoms with Crippen LogP contribution in [0, 0.1) is 0 Å². The summed E-state index contributed by atoms with van der Waals surface area (Å²) < 4.78 is 10.7. The molecule has 1 amide bonds. The van der Waals surface area contributed by atoms with E-state index in [9.17, 15) is 4.79 Å². The molecule has 6 nitrogen and oxygen atoms in total. The maximum absolute atomic E-state index is 12.3. The molecule has 0 saturated heterocycles. The smallest absolute Gasteiger partial charge is 0.263 e. The van der Waals surface area contributed by atoms with E-state index in [1.807, 2.05) is 18.2 Å². The molecule has 0 aliphatic carbocycles. The standard InChI is InChI=1S/C17H17N3O3S.ClH/c21-16(19-8-11-3-5-18-6-4-11)15-9-20-17(24-15)12-1-2-13-14(7-12)23-10-22-13;/h1-3,7,9,18H,4-6,8,10H2,(H,19,21);1H. The Morgan fingerprint density at radius 3 is 3.04 bits per heavy atom. The van der Waals surface area contributed by atoms with Crippen molar-refractivity contribution in [3.05, 3.63) is 40.9 Å². The van der Waals surface area contributed by atoms with Crippen molar-refractivity contribution in [1.29, 1.82) is 0 Å². The van der Waals surface area contributed by atoms with Crippen LogP contribution in [0.4, 0.5) is 0 Å². The van der Waals surface area contributed by atoms with Gasteiger partial charge in [0.25, 0.3) is 5.91 Å². The number of rotatable bonds is 4. The number of thiazole rings is 1. The average Bonchev–Trinajstić information content (AvgIpc) is 3.29. The Labute approximate surface area is 155 Å². The summed E-state index contributed by atoms with van der Waals surface area (Å²) in [5, 5.41) is 7.01. The first kappa shape index (κ1) is 17.7. The van der Waals surface area contributed by atoms with E-state index < -0.39 is 0 Å². The first-order valence-corrected chi connectivity index (χ1v) is 8.64. The SMILES string of the molecule is Cl.O=C(NCC1=CCNCC1)c1cnc(-c2ccc3c(c2)OCO3)s1. The van der Waals surface area contributed by atoms with Crippen LogP contribution in [-0.4, -0.2) is 37.3 Å². The number of nitrogens with zero attached hydrogens (tertiary/aromatic N) is 1. The van der Waals surface area contributed by atoms with Crippen molar-refractivity contribution in [3.63, 3.8) is 0 Å². The molecule has 0 unspecified atom stereocenters. The van der Waals surface area contributed by atoms with Gasteiger partial charge in [-0.05, 0) is 31.2 Å². The molecule has 132 valence electrons. The molecule has 3 heterocycles. The van der Waals surface area contributed by atoms with Crippen LogP contribution < -0.4 is 20.1 Å². The third-order valence-corrected chi connectivity index (χ3v) is 5.03. The average molecular weight is 380 g/mol. The number of amides is 1. The van der Waals surface area contributed by atoms with E-state index >= 15 is 0 Å². The zero-order chi connectivity index (χ0) is 16.4. The summed E-state index contributed by atoms with van der Waals surface area (Å²) in [6, 6.07) is 5.68. The van der Waals surface area contributed by atoms with E-state index in [0.717, 1.165) is 35.8 Å². The van der Waals surface area contributed by atoms with Gasteiger partial charge in [0, 0.05) is 18.7 Å². The van der Waals surface area contributed by atoms with E-state index in [-0.39, 0.29) is 25.1 Å². The predicted molar refractivity (Wildman–Crippen MR) is 98.8 cm³/mol. The number of benzene rings is 1. The van der Waals surface area contributed by atoms with Crippen LogP contribution in [-0.2, 0) is 0 Å². The predicted octanol–water partition coefficient (Wildman–Crippen LogP) is 2.61. The second-order valence-corrected chi connectivity index (χ2v) is 6.63. The van der Waals surface area contributed by atoms with E-state index in [2.05, 4.69) is 21.7 Å². The van der Waals surface area contributed by atoms with Gasteiger partial charge in [0.1, 0.15) is 9.88 Å². The Bertz CT molecular complexity index is 806. The van der Waals surface area contributed by atoms with Crippen molar-refractivity contribution in [1.82, 2.24) is 15.6 Å². The fourth-order valence-electron chi connectivity index (χ4n) is 2.65. The Morgan fingerprint density at radius 1 is 1.32 bits per heavy atom. The highest BCUT2D eigenvalue weighted by Gasteiger charge is 2.17. The quantitative estimate of drug-likeness (QED) is 0.799.